The SMILES string of the molecule is NCCC(C(N)c1cccnc1)P(=O)([O-])O.[Na+].[Na]. The van der Waals surface area contributed by atoms with E-state index in [9.17, 15) is 9.46 Å². The molecule has 0 spiro atoms. The molecule has 91 valence electrons. The molecule has 0 aromatic carbocycles. The third-order valence-corrected chi connectivity index (χ3v) is 3.78. The first kappa shape index (κ1) is 21.5. The van der Waals surface area contributed by atoms with Crippen molar-refractivity contribution in [2.24, 2.45) is 11.5 Å². The topological polar surface area (TPSA) is 125 Å². The van der Waals surface area contributed by atoms with Crippen LogP contribution in [0.15, 0.2) is 24.5 Å². The van der Waals surface area contributed by atoms with Crippen LogP contribution >= 0.6 is 7.60 Å². The van der Waals surface area contributed by atoms with Gasteiger partial charge in [-0.15, -0.1) is 0 Å². The molecule has 0 saturated heterocycles. The number of pyridine rings is 1. The molecule has 0 fully saturated rings. The third kappa shape index (κ3) is 6.59. The molecule has 0 aliphatic carbocycles. The van der Waals surface area contributed by atoms with Crippen molar-refractivity contribution in [1.82, 2.24) is 4.98 Å². The van der Waals surface area contributed by atoms with Gasteiger partial charge in [-0.2, -0.15) is 0 Å². The molecule has 0 bridgehead atoms. The number of aromatic nitrogens is 1. The second kappa shape index (κ2) is 10.0. The first-order valence-corrected chi connectivity index (χ1v) is 6.50. The van der Waals surface area contributed by atoms with Crippen LogP contribution in [0, 0.1) is 0 Å². The van der Waals surface area contributed by atoms with Crippen LogP contribution in [0.3, 0.4) is 0 Å². The van der Waals surface area contributed by atoms with Crippen molar-refractivity contribution in [2.45, 2.75) is 18.1 Å². The largest absolute Gasteiger partial charge is 1.00 e. The van der Waals surface area contributed by atoms with Crippen LogP contribution in [0.2, 0.25) is 0 Å². The van der Waals surface area contributed by atoms with E-state index in [4.69, 9.17) is 16.4 Å². The number of rotatable bonds is 5. The zero-order valence-electron chi connectivity index (χ0n) is 10.7. The van der Waals surface area contributed by atoms with E-state index in [1.54, 1.807) is 18.3 Å². The van der Waals surface area contributed by atoms with Gasteiger partial charge in [0.25, 0.3) is 0 Å². The van der Waals surface area contributed by atoms with E-state index >= 15 is 0 Å². The van der Waals surface area contributed by atoms with Gasteiger partial charge in [0.2, 0.25) is 0 Å². The van der Waals surface area contributed by atoms with Gasteiger partial charge in [0, 0.05) is 53.7 Å². The second-order valence-electron chi connectivity index (χ2n) is 3.52. The van der Waals surface area contributed by atoms with Crippen molar-refractivity contribution in [3.05, 3.63) is 30.1 Å². The molecule has 5 N–H and O–H groups in total. The van der Waals surface area contributed by atoms with Crippen molar-refractivity contribution < 1.29 is 43.9 Å². The van der Waals surface area contributed by atoms with Crippen LogP contribution in [-0.4, -0.2) is 51.6 Å². The molecule has 1 aromatic heterocycles. The predicted molar refractivity (Wildman–Crippen MR) is 64.2 cm³/mol. The van der Waals surface area contributed by atoms with Crippen LogP contribution in [0.5, 0.6) is 0 Å². The van der Waals surface area contributed by atoms with Gasteiger partial charge in [-0.05, 0) is 24.6 Å². The molecule has 0 amide bonds. The summed E-state index contributed by atoms with van der Waals surface area (Å²) in [6.07, 6.45) is 3.15. The minimum Gasteiger partial charge on any atom is -0.778 e. The molecule has 18 heavy (non-hydrogen) atoms. The van der Waals surface area contributed by atoms with Gasteiger partial charge >= 0.3 is 29.6 Å². The molecule has 9 heteroatoms. The molecular weight excluding hydrogens is 275 g/mol. The van der Waals surface area contributed by atoms with E-state index in [2.05, 4.69) is 4.98 Å². The first-order chi connectivity index (χ1) is 7.46. The summed E-state index contributed by atoms with van der Waals surface area (Å²) in [5, 5.41) is 0. The van der Waals surface area contributed by atoms with E-state index in [-0.39, 0.29) is 72.1 Å². The van der Waals surface area contributed by atoms with Crippen LogP contribution in [0.25, 0.3) is 0 Å². The quantitative estimate of drug-likeness (QED) is 0.374. The maximum Gasteiger partial charge on any atom is 1.00 e. The molecule has 1 heterocycles. The monoisotopic (exact) mass is 290 g/mol. The normalized spacial score (nSPS) is 16.7. The van der Waals surface area contributed by atoms with Gasteiger partial charge in [0.05, 0.1) is 0 Å². The summed E-state index contributed by atoms with van der Waals surface area (Å²) in [6, 6.07) is 2.50. The van der Waals surface area contributed by atoms with Crippen LogP contribution < -0.4 is 45.9 Å². The number of nitrogens with two attached hydrogens (primary N) is 2. The molecular formula is C9H15N3Na2O3P. The zero-order chi connectivity index (χ0) is 12.2. The van der Waals surface area contributed by atoms with Crippen molar-refractivity contribution in [1.29, 1.82) is 0 Å². The summed E-state index contributed by atoms with van der Waals surface area (Å²) in [4.78, 5) is 24.1. The molecule has 1 radical (unpaired) electrons. The fourth-order valence-electron chi connectivity index (χ4n) is 1.51. The van der Waals surface area contributed by atoms with Gasteiger partial charge < -0.3 is 25.8 Å². The Labute approximate surface area is 151 Å². The summed E-state index contributed by atoms with van der Waals surface area (Å²) in [5.74, 6) is 0. The Morgan fingerprint density at radius 1 is 1.56 bits per heavy atom. The average Bonchev–Trinajstić information content (AvgIpc) is 2.25. The molecule has 0 saturated carbocycles. The van der Waals surface area contributed by atoms with Crippen molar-refractivity contribution in [3.63, 3.8) is 0 Å². The molecule has 1 aromatic rings. The van der Waals surface area contributed by atoms with Crippen molar-refractivity contribution in [3.8, 4) is 0 Å². The minimum absolute atomic E-state index is 0. The molecule has 6 nitrogen and oxygen atoms in total. The Balaban J connectivity index is 0. The smallest absolute Gasteiger partial charge is 0.778 e. The Morgan fingerprint density at radius 2 is 2.17 bits per heavy atom. The number of hydrogen-bond acceptors (Lipinski definition) is 5. The van der Waals surface area contributed by atoms with Crippen LogP contribution in [-0.2, 0) is 4.57 Å². The Hall–Kier alpha value is 1.22. The van der Waals surface area contributed by atoms with Crippen molar-refractivity contribution >= 4 is 37.2 Å². The fraction of sp³-hybridized carbons (Fsp3) is 0.444. The average molecular weight is 290 g/mol. The second-order valence-corrected chi connectivity index (χ2v) is 5.31. The summed E-state index contributed by atoms with van der Waals surface area (Å²) in [6.45, 7) is 0.144. The van der Waals surface area contributed by atoms with E-state index < -0.39 is 19.3 Å². The van der Waals surface area contributed by atoms with Crippen LogP contribution in [0.4, 0.5) is 0 Å². The predicted octanol–water partition coefficient (Wildman–Crippen LogP) is -4.03. The Morgan fingerprint density at radius 3 is 2.56 bits per heavy atom. The molecule has 3 atom stereocenters. The minimum atomic E-state index is -4.50. The molecule has 0 aliphatic rings. The Bertz CT molecular complexity index is 377. The van der Waals surface area contributed by atoms with E-state index in [0.29, 0.717) is 5.56 Å². The maximum atomic E-state index is 11.2. The maximum absolute atomic E-state index is 11.2. The summed E-state index contributed by atoms with van der Waals surface area (Å²) in [7, 11) is -4.50. The zero-order valence-corrected chi connectivity index (χ0v) is 15.6. The van der Waals surface area contributed by atoms with Gasteiger partial charge in [0.1, 0.15) is 7.60 Å². The summed E-state index contributed by atoms with van der Waals surface area (Å²) < 4.78 is 11.2. The first-order valence-electron chi connectivity index (χ1n) is 4.86. The van der Waals surface area contributed by atoms with Crippen LogP contribution in [0.1, 0.15) is 18.0 Å². The van der Waals surface area contributed by atoms with Gasteiger partial charge in [0.15, 0.2) is 0 Å². The van der Waals surface area contributed by atoms with E-state index in [1.807, 2.05) is 0 Å². The van der Waals surface area contributed by atoms with Gasteiger partial charge in [-0.25, -0.2) is 0 Å². The van der Waals surface area contributed by atoms with Gasteiger partial charge in [-0.1, -0.05) is 6.07 Å². The fourth-order valence-corrected chi connectivity index (χ4v) is 2.57. The van der Waals surface area contributed by atoms with E-state index in [0.717, 1.165) is 0 Å². The number of nitrogens with zero attached hydrogens (tertiary/aromatic N) is 1. The van der Waals surface area contributed by atoms with Gasteiger partial charge in [-0.3, -0.25) is 4.98 Å². The van der Waals surface area contributed by atoms with Crippen molar-refractivity contribution in [2.75, 3.05) is 6.54 Å². The summed E-state index contributed by atoms with van der Waals surface area (Å²) in [5.41, 5.74) is 10.6. The van der Waals surface area contributed by atoms with E-state index in [1.165, 1.54) is 6.20 Å². The molecule has 3 unspecified atom stereocenters. The molecule has 1 rings (SSSR count). The number of hydrogen-bond donors (Lipinski definition) is 3. The standard InChI is InChI=1S/C9H16N3O3P.2Na/c10-4-3-8(16(13,14)15)9(11)7-2-1-5-12-6-7;;/h1-2,5-6,8-9H,3-4,10-11H2,(H2,13,14,15);;/q;;+1/p-1. The molecule has 0 aliphatic heterocycles. The summed E-state index contributed by atoms with van der Waals surface area (Å²) >= 11 is 0. The Kier molecular flexibility index (Phi) is 12.0. The third-order valence-electron chi connectivity index (χ3n) is 2.37.